The molecule has 6 nitrogen and oxygen atoms in total. The van der Waals surface area contributed by atoms with E-state index in [1.165, 1.54) is 11.8 Å². The quantitative estimate of drug-likeness (QED) is 0.827. The van der Waals surface area contributed by atoms with E-state index in [1.807, 2.05) is 18.2 Å². The second-order valence-electron chi connectivity index (χ2n) is 6.14. The van der Waals surface area contributed by atoms with Gasteiger partial charge in [0.1, 0.15) is 12.4 Å². The maximum atomic E-state index is 12.7. The van der Waals surface area contributed by atoms with Crippen LogP contribution in [-0.4, -0.2) is 54.4 Å². The van der Waals surface area contributed by atoms with E-state index in [-0.39, 0.29) is 18.4 Å². The minimum absolute atomic E-state index is 0.0132. The molecule has 2 heterocycles. The molecule has 0 aliphatic carbocycles. The van der Waals surface area contributed by atoms with Crippen molar-refractivity contribution >= 4 is 34.9 Å². The van der Waals surface area contributed by atoms with Crippen molar-refractivity contribution in [3.63, 3.8) is 0 Å². The normalized spacial score (nSPS) is 14.2. The Morgan fingerprint density at radius 1 is 1.12 bits per heavy atom. The molecule has 1 aromatic heterocycles. The Kier molecular flexibility index (Phi) is 5.73. The van der Waals surface area contributed by atoms with E-state index in [0.29, 0.717) is 23.8 Å². The molecule has 0 bridgehead atoms. The highest BCUT2D eigenvalue weighted by molar-refractivity contribution is 6.30. The first kappa shape index (κ1) is 18.2. The fourth-order valence-corrected chi connectivity index (χ4v) is 3.17. The molecule has 1 aliphatic heterocycles. The summed E-state index contributed by atoms with van der Waals surface area (Å²) < 4.78 is 0. The summed E-state index contributed by atoms with van der Waals surface area (Å²) in [5.74, 6) is 0.664. The van der Waals surface area contributed by atoms with Crippen LogP contribution >= 0.6 is 11.6 Å². The average Bonchev–Trinajstić information content (AvgIpc) is 2.66. The number of anilines is 2. The van der Waals surface area contributed by atoms with Crippen LogP contribution in [0.15, 0.2) is 48.7 Å². The number of carbonyl (C=O) groups is 2. The van der Waals surface area contributed by atoms with Gasteiger partial charge in [0.15, 0.2) is 0 Å². The van der Waals surface area contributed by atoms with Crippen molar-refractivity contribution in [2.45, 2.75) is 6.92 Å². The summed E-state index contributed by atoms with van der Waals surface area (Å²) in [7, 11) is 0. The molecule has 1 saturated heterocycles. The first-order chi connectivity index (χ1) is 12.5. The largest absolute Gasteiger partial charge is 0.353 e. The predicted molar refractivity (Wildman–Crippen MR) is 103 cm³/mol. The number of hydrogen-bond donors (Lipinski definition) is 0. The highest BCUT2D eigenvalue weighted by Crippen LogP contribution is 2.20. The summed E-state index contributed by atoms with van der Waals surface area (Å²) in [6.45, 7) is 4.12. The van der Waals surface area contributed by atoms with Gasteiger partial charge in [0.2, 0.25) is 11.8 Å². The number of rotatable bonds is 4. The lowest BCUT2D eigenvalue weighted by Crippen LogP contribution is -2.52. The lowest BCUT2D eigenvalue weighted by atomic mass is 10.2. The van der Waals surface area contributed by atoms with Gasteiger partial charge in [0.25, 0.3) is 0 Å². The first-order valence-corrected chi connectivity index (χ1v) is 8.90. The minimum Gasteiger partial charge on any atom is -0.353 e. The second-order valence-corrected chi connectivity index (χ2v) is 6.58. The van der Waals surface area contributed by atoms with Gasteiger partial charge < -0.3 is 14.7 Å². The molecule has 0 unspecified atom stereocenters. The number of hydrogen-bond acceptors (Lipinski definition) is 4. The van der Waals surface area contributed by atoms with E-state index < -0.39 is 0 Å². The molecule has 1 aliphatic rings. The zero-order chi connectivity index (χ0) is 18.5. The maximum Gasteiger partial charge on any atom is 0.242 e. The SMILES string of the molecule is CC(=O)N(CC(=O)N1CCN(c2ccccn2)CC1)c1cccc(Cl)c1. The van der Waals surface area contributed by atoms with E-state index in [4.69, 9.17) is 11.6 Å². The third-order valence-corrected chi connectivity index (χ3v) is 4.63. The number of benzene rings is 1. The Bertz CT molecular complexity index is 776. The molecule has 0 atom stereocenters. The highest BCUT2D eigenvalue weighted by atomic mass is 35.5. The summed E-state index contributed by atoms with van der Waals surface area (Å²) in [4.78, 5) is 34.4. The smallest absolute Gasteiger partial charge is 0.242 e. The van der Waals surface area contributed by atoms with E-state index in [0.717, 1.165) is 18.9 Å². The van der Waals surface area contributed by atoms with E-state index >= 15 is 0 Å². The molecule has 136 valence electrons. The minimum atomic E-state index is -0.187. The maximum absolute atomic E-state index is 12.7. The lowest BCUT2D eigenvalue weighted by Gasteiger charge is -2.36. The molecule has 0 saturated carbocycles. The molecule has 1 aromatic carbocycles. The zero-order valence-electron chi connectivity index (χ0n) is 14.6. The van der Waals surface area contributed by atoms with Gasteiger partial charge in [-0.3, -0.25) is 9.59 Å². The third-order valence-electron chi connectivity index (χ3n) is 4.40. The number of aromatic nitrogens is 1. The molecule has 2 amide bonds. The Balaban J connectivity index is 1.61. The molecule has 3 rings (SSSR count). The molecule has 0 spiro atoms. The van der Waals surface area contributed by atoms with Gasteiger partial charge in [-0.1, -0.05) is 23.7 Å². The van der Waals surface area contributed by atoms with Crippen LogP contribution in [0.25, 0.3) is 0 Å². The summed E-state index contributed by atoms with van der Waals surface area (Å²) >= 11 is 6.01. The van der Waals surface area contributed by atoms with Gasteiger partial charge >= 0.3 is 0 Å². The summed E-state index contributed by atoms with van der Waals surface area (Å²) in [5.41, 5.74) is 0.630. The van der Waals surface area contributed by atoms with Crippen LogP contribution in [0.5, 0.6) is 0 Å². The standard InChI is InChI=1S/C19H21ClN4O2/c1-15(25)24(17-6-4-5-16(20)13-17)14-19(26)23-11-9-22(10-12-23)18-7-2-3-8-21-18/h2-8,13H,9-12,14H2,1H3. The van der Waals surface area contributed by atoms with Crippen LogP contribution < -0.4 is 9.80 Å². The number of halogens is 1. The monoisotopic (exact) mass is 372 g/mol. The third kappa shape index (κ3) is 4.32. The zero-order valence-corrected chi connectivity index (χ0v) is 15.4. The van der Waals surface area contributed by atoms with Crippen molar-refractivity contribution in [3.05, 3.63) is 53.7 Å². The summed E-state index contributed by atoms with van der Waals surface area (Å²) in [6, 6.07) is 12.8. The van der Waals surface area contributed by atoms with Gasteiger partial charge in [0, 0.05) is 50.0 Å². The van der Waals surface area contributed by atoms with Crippen molar-refractivity contribution in [1.29, 1.82) is 0 Å². The molecule has 7 heteroatoms. The highest BCUT2D eigenvalue weighted by Gasteiger charge is 2.24. The van der Waals surface area contributed by atoms with Crippen molar-refractivity contribution < 1.29 is 9.59 Å². The molecule has 26 heavy (non-hydrogen) atoms. The van der Waals surface area contributed by atoms with E-state index in [2.05, 4.69) is 9.88 Å². The lowest BCUT2D eigenvalue weighted by molar-refractivity contribution is -0.131. The van der Waals surface area contributed by atoms with Gasteiger partial charge in [-0.05, 0) is 30.3 Å². The van der Waals surface area contributed by atoms with Crippen LogP contribution in [0.4, 0.5) is 11.5 Å². The van der Waals surface area contributed by atoms with Gasteiger partial charge in [-0.25, -0.2) is 4.98 Å². The Labute approximate surface area is 158 Å². The van der Waals surface area contributed by atoms with Crippen molar-refractivity contribution in [2.75, 3.05) is 42.5 Å². The summed E-state index contributed by atoms with van der Waals surface area (Å²) in [6.07, 6.45) is 1.77. The van der Waals surface area contributed by atoms with Crippen LogP contribution in [0, 0.1) is 0 Å². The van der Waals surface area contributed by atoms with Crippen LogP contribution in [-0.2, 0) is 9.59 Å². The van der Waals surface area contributed by atoms with Crippen LogP contribution in [0.2, 0.25) is 5.02 Å². The number of amides is 2. The van der Waals surface area contributed by atoms with Gasteiger partial charge in [0.05, 0.1) is 0 Å². The number of piperazine rings is 1. The number of nitrogens with zero attached hydrogens (tertiary/aromatic N) is 4. The Morgan fingerprint density at radius 3 is 2.50 bits per heavy atom. The van der Waals surface area contributed by atoms with Gasteiger partial charge in [-0.2, -0.15) is 0 Å². The second kappa shape index (κ2) is 8.19. The van der Waals surface area contributed by atoms with Crippen LogP contribution in [0.3, 0.4) is 0 Å². The van der Waals surface area contributed by atoms with Crippen molar-refractivity contribution in [2.24, 2.45) is 0 Å². The molecule has 0 radical (unpaired) electrons. The molecule has 2 aromatic rings. The van der Waals surface area contributed by atoms with E-state index in [9.17, 15) is 9.59 Å². The summed E-state index contributed by atoms with van der Waals surface area (Å²) in [5, 5.41) is 0.533. The van der Waals surface area contributed by atoms with Crippen molar-refractivity contribution in [1.82, 2.24) is 9.88 Å². The fraction of sp³-hybridized carbons (Fsp3) is 0.316. The Morgan fingerprint density at radius 2 is 1.88 bits per heavy atom. The number of pyridine rings is 1. The van der Waals surface area contributed by atoms with Crippen LogP contribution in [0.1, 0.15) is 6.92 Å². The first-order valence-electron chi connectivity index (χ1n) is 8.52. The van der Waals surface area contributed by atoms with Gasteiger partial charge in [-0.15, -0.1) is 0 Å². The Hall–Kier alpha value is -2.60. The number of carbonyl (C=O) groups excluding carboxylic acids is 2. The topological polar surface area (TPSA) is 56.8 Å². The average molecular weight is 373 g/mol. The molecular weight excluding hydrogens is 352 g/mol. The fourth-order valence-electron chi connectivity index (χ4n) is 2.99. The molecular formula is C19H21ClN4O2. The predicted octanol–water partition coefficient (Wildman–Crippen LogP) is 2.44. The van der Waals surface area contributed by atoms with E-state index in [1.54, 1.807) is 35.4 Å². The van der Waals surface area contributed by atoms with Crippen molar-refractivity contribution in [3.8, 4) is 0 Å². The molecule has 0 N–H and O–H groups in total. The molecule has 1 fully saturated rings.